The van der Waals surface area contributed by atoms with Gasteiger partial charge in [0.1, 0.15) is 5.75 Å². The fourth-order valence-corrected chi connectivity index (χ4v) is 2.90. The molecule has 2 aromatic rings. The predicted molar refractivity (Wildman–Crippen MR) is 73.5 cm³/mol. The molecule has 0 amide bonds. The molecule has 2 N–H and O–H groups in total. The molecule has 0 aliphatic carbocycles. The highest BCUT2D eigenvalue weighted by molar-refractivity contribution is 9.10. The second-order valence-electron chi connectivity index (χ2n) is 4.59. The molecule has 1 heterocycles. The zero-order valence-electron chi connectivity index (χ0n) is 9.41. The van der Waals surface area contributed by atoms with Crippen LogP contribution in [0.2, 0.25) is 0 Å². The molecule has 3 rings (SSSR count). The Hall–Kier alpha value is -1.06. The minimum Gasteiger partial charge on any atom is -0.508 e. The van der Waals surface area contributed by atoms with Gasteiger partial charge in [-0.25, -0.2) is 0 Å². The Morgan fingerprint density at radius 2 is 2.06 bits per heavy atom. The zero-order chi connectivity index (χ0) is 11.8. The third-order valence-electron chi connectivity index (χ3n) is 3.45. The van der Waals surface area contributed by atoms with Crippen LogP contribution in [-0.4, -0.2) is 18.2 Å². The van der Waals surface area contributed by atoms with E-state index in [4.69, 9.17) is 0 Å². The summed E-state index contributed by atoms with van der Waals surface area (Å²) in [5, 5.41) is 15.7. The number of phenolic OH excluding ortho intramolecular Hbond substituents is 1. The van der Waals surface area contributed by atoms with Gasteiger partial charge >= 0.3 is 0 Å². The third-order valence-corrected chi connectivity index (χ3v) is 3.94. The van der Waals surface area contributed by atoms with Crippen LogP contribution in [0.4, 0.5) is 0 Å². The molecular weight excluding hydrogens is 278 g/mol. The molecule has 0 aromatic heterocycles. The first-order valence-electron chi connectivity index (χ1n) is 5.87. The molecule has 1 aliphatic heterocycles. The van der Waals surface area contributed by atoms with Gasteiger partial charge in [-0.3, -0.25) is 0 Å². The molecule has 1 fully saturated rings. The van der Waals surface area contributed by atoms with Crippen molar-refractivity contribution >= 4 is 26.7 Å². The van der Waals surface area contributed by atoms with Crippen molar-refractivity contribution in [3.8, 4) is 5.75 Å². The van der Waals surface area contributed by atoms with Gasteiger partial charge in [-0.2, -0.15) is 0 Å². The van der Waals surface area contributed by atoms with E-state index in [0.717, 1.165) is 34.9 Å². The van der Waals surface area contributed by atoms with Crippen molar-refractivity contribution < 1.29 is 5.11 Å². The highest BCUT2D eigenvalue weighted by Gasteiger charge is 2.20. The fraction of sp³-hybridized carbons (Fsp3) is 0.286. The minimum absolute atomic E-state index is 0.425. The van der Waals surface area contributed by atoms with Gasteiger partial charge in [0.2, 0.25) is 0 Å². The van der Waals surface area contributed by atoms with Gasteiger partial charge in [-0.1, -0.05) is 22.0 Å². The topological polar surface area (TPSA) is 32.3 Å². The summed E-state index contributed by atoms with van der Waals surface area (Å²) >= 11 is 3.48. The molecule has 0 bridgehead atoms. The summed E-state index contributed by atoms with van der Waals surface area (Å²) in [5.74, 6) is 0.868. The number of aromatic hydroxyl groups is 1. The van der Waals surface area contributed by atoms with Gasteiger partial charge < -0.3 is 10.4 Å². The smallest absolute Gasteiger partial charge is 0.119 e. The number of fused-ring (bicyclic) bond motifs is 1. The highest BCUT2D eigenvalue weighted by Crippen LogP contribution is 2.34. The van der Waals surface area contributed by atoms with Crippen LogP contribution in [-0.2, 0) is 0 Å². The Morgan fingerprint density at radius 1 is 1.18 bits per heavy atom. The maximum atomic E-state index is 10.1. The van der Waals surface area contributed by atoms with Crippen molar-refractivity contribution in [2.75, 3.05) is 13.1 Å². The summed E-state index contributed by atoms with van der Waals surface area (Å²) in [6.07, 6.45) is 1.10. The number of phenols is 1. The van der Waals surface area contributed by atoms with Gasteiger partial charge in [0.05, 0.1) is 0 Å². The van der Waals surface area contributed by atoms with Crippen molar-refractivity contribution in [1.29, 1.82) is 0 Å². The zero-order valence-corrected chi connectivity index (χ0v) is 11.0. The predicted octanol–water partition coefficient (Wildman–Crippen LogP) is 3.38. The number of halogens is 1. The highest BCUT2D eigenvalue weighted by atomic mass is 79.9. The van der Waals surface area contributed by atoms with E-state index in [1.165, 1.54) is 5.39 Å². The van der Waals surface area contributed by atoms with Crippen LogP contribution in [0.3, 0.4) is 0 Å². The Kier molecular flexibility index (Phi) is 2.81. The summed E-state index contributed by atoms with van der Waals surface area (Å²) in [4.78, 5) is 0. The number of rotatable bonds is 1. The van der Waals surface area contributed by atoms with Crippen LogP contribution in [0, 0.1) is 0 Å². The molecule has 2 aromatic carbocycles. The van der Waals surface area contributed by atoms with Crippen LogP contribution in [0.15, 0.2) is 34.8 Å². The van der Waals surface area contributed by atoms with Crippen molar-refractivity contribution in [2.45, 2.75) is 12.3 Å². The number of benzene rings is 2. The Labute approximate surface area is 109 Å². The molecule has 17 heavy (non-hydrogen) atoms. The van der Waals surface area contributed by atoms with Crippen LogP contribution in [0.25, 0.3) is 10.8 Å². The molecule has 1 unspecified atom stereocenters. The lowest BCUT2D eigenvalue weighted by atomic mass is 9.94. The lowest BCUT2D eigenvalue weighted by Gasteiger charge is -2.12. The maximum absolute atomic E-state index is 10.1. The third kappa shape index (κ3) is 2.05. The van der Waals surface area contributed by atoms with E-state index >= 15 is 0 Å². The van der Waals surface area contributed by atoms with Crippen LogP contribution in [0.1, 0.15) is 17.9 Å². The Morgan fingerprint density at radius 3 is 2.82 bits per heavy atom. The lowest BCUT2D eigenvalue weighted by molar-refractivity contribution is 0.463. The quantitative estimate of drug-likeness (QED) is 0.844. The number of hydrogen-bond acceptors (Lipinski definition) is 2. The Bertz CT molecular complexity index is 561. The van der Waals surface area contributed by atoms with Crippen molar-refractivity contribution in [2.24, 2.45) is 0 Å². The molecule has 1 aliphatic rings. The van der Waals surface area contributed by atoms with E-state index < -0.39 is 0 Å². The standard InChI is InChI=1S/C14H14BrNO/c15-12-2-1-9-7-14(17)13(6-11(9)5-12)10-3-4-16-8-10/h1-2,5-7,10,16-17H,3-4,8H2. The molecule has 2 nitrogen and oxygen atoms in total. The summed E-state index contributed by atoms with van der Waals surface area (Å²) < 4.78 is 1.08. The van der Waals surface area contributed by atoms with Crippen molar-refractivity contribution in [1.82, 2.24) is 5.32 Å². The van der Waals surface area contributed by atoms with Crippen LogP contribution >= 0.6 is 15.9 Å². The van der Waals surface area contributed by atoms with E-state index in [0.29, 0.717) is 11.7 Å². The molecule has 0 radical (unpaired) electrons. The second kappa shape index (κ2) is 4.31. The van der Waals surface area contributed by atoms with E-state index in [2.05, 4.69) is 33.4 Å². The van der Waals surface area contributed by atoms with Gasteiger partial charge in [-0.05, 0) is 53.6 Å². The van der Waals surface area contributed by atoms with E-state index in [9.17, 15) is 5.11 Å². The SMILES string of the molecule is Oc1cc2ccc(Br)cc2cc1C1CCNC1. The van der Waals surface area contributed by atoms with E-state index in [-0.39, 0.29) is 0 Å². The van der Waals surface area contributed by atoms with Gasteiger partial charge in [0.15, 0.2) is 0 Å². The van der Waals surface area contributed by atoms with Gasteiger partial charge in [0.25, 0.3) is 0 Å². The molecule has 1 saturated heterocycles. The largest absolute Gasteiger partial charge is 0.508 e. The fourth-order valence-electron chi connectivity index (χ4n) is 2.52. The first kappa shape index (κ1) is 11.1. The summed E-state index contributed by atoms with van der Waals surface area (Å²) in [6.45, 7) is 2.01. The maximum Gasteiger partial charge on any atom is 0.119 e. The van der Waals surface area contributed by atoms with Gasteiger partial charge in [-0.15, -0.1) is 0 Å². The van der Waals surface area contributed by atoms with Crippen LogP contribution < -0.4 is 5.32 Å². The first-order chi connectivity index (χ1) is 8.24. The first-order valence-corrected chi connectivity index (χ1v) is 6.66. The number of hydrogen-bond donors (Lipinski definition) is 2. The average molecular weight is 292 g/mol. The monoisotopic (exact) mass is 291 g/mol. The Balaban J connectivity index is 2.14. The minimum atomic E-state index is 0.425. The molecule has 88 valence electrons. The van der Waals surface area contributed by atoms with E-state index in [1.807, 2.05) is 18.2 Å². The normalized spacial score (nSPS) is 19.9. The van der Waals surface area contributed by atoms with Crippen LogP contribution in [0.5, 0.6) is 5.75 Å². The van der Waals surface area contributed by atoms with Crippen molar-refractivity contribution in [3.05, 3.63) is 40.4 Å². The molecule has 0 saturated carbocycles. The summed E-state index contributed by atoms with van der Waals surface area (Å²) in [5.41, 5.74) is 1.07. The molecular formula is C14H14BrNO. The lowest BCUT2D eigenvalue weighted by Crippen LogP contribution is -2.08. The molecule has 0 spiro atoms. The second-order valence-corrected chi connectivity index (χ2v) is 5.51. The van der Waals surface area contributed by atoms with Crippen molar-refractivity contribution in [3.63, 3.8) is 0 Å². The summed E-state index contributed by atoms with van der Waals surface area (Å²) in [6, 6.07) is 10.1. The number of nitrogens with one attached hydrogen (secondary N) is 1. The van der Waals surface area contributed by atoms with Gasteiger partial charge in [0, 0.05) is 16.9 Å². The summed E-state index contributed by atoms with van der Waals surface area (Å²) in [7, 11) is 0. The molecule has 3 heteroatoms. The van der Waals surface area contributed by atoms with E-state index in [1.54, 1.807) is 0 Å². The molecule has 1 atom stereocenters. The average Bonchev–Trinajstić information content (AvgIpc) is 2.82.